The van der Waals surface area contributed by atoms with E-state index in [9.17, 15) is 27.6 Å². The Bertz CT molecular complexity index is 591. The standard InChI is InChI=1S/C14H14ClF3N2O4/c15-10-3-1-9(2-4-10)13(23)19-6-5-12(22)24-7-11(21)20-8-14(16,17)18/h1-4H,5-8H2,(H,19,23)(H,20,21). The van der Waals surface area contributed by atoms with Crippen molar-refractivity contribution in [2.75, 3.05) is 19.7 Å². The van der Waals surface area contributed by atoms with Gasteiger partial charge in [0.1, 0.15) is 6.54 Å². The molecule has 1 rings (SSSR count). The van der Waals surface area contributed by atoms with Gasteiger partial charge in [0.15, 0.2) is 6.61 Å². The predicted molar refractivity (Wildman–Crippen MR) is 78.4 cm³/mol. The molecule has 0 aromatic heterocycles. The molecule has 2 N–H and O–H groups in total. The van der Waals surface area contributed by atoms with Crippen molar-refractivity contribution in [1.29, 1.82) is 0 Å². The summed E-state index contributed by atoms with van der Waals surface area (Å²) < 4.78 is 40.0. The molecule has 0 aliphatic rings. The zero-order valence-electron chi connectivity index (χ0n) is 12.3. The lowest BCUT2D eigenvalue weighted by molar-refractivity contribution is -0.151. The second-order valence-electron chi connectivity index (χ2n) is 4.57. The Kier molecular flexibility index (Phi) is 7.50. The van der Waals surface area contributed by atoms with Gasteiger partial charge in [-0.1, -0.05) is 11.6 Å². The summed E-state index contributed by atoms with van der Waals surface area (Å²) in [5, 5.41) is 4.48. The highest BCUT2D eigenvalue weighted by Gasteiger charge is 2.27. The Morgan fingerprint density at radius 2 is 1.71 bits per heavy atom. The molecule has 0 heterocycles. The molecule has 0 aliphatic heterocycles. The summed E-state index contributed by atoms with van der Waals surface area (Å²) in [6.07, 6.45) is -4.77. The van der Waals surface area contributed by atoms with Crippen LogP contribution in [0.5, 0.6) is 0 Å². The Morgan fingerprint density at radius 3 is 2.29 bits per heavy atom. The van der Waals surface area contributed by atoms with Crippen LogP contribution in [0.1, 0.15) is 16.8 Å². The molecule has 0 radical (unpaired) electrons. The number of carbonyl (C=O) groups excluding carboxylic acids is 3. The van der Waals surface area contributed by atoms with Crippen LogP contribution in [0.4, 0.5) is 13.2 Å². The summed E-state index contributed by atoms with van der Waals surface area (Å²) in [5.74, 6) is -2.32. The molecule has 0 unspecified atom stereocenters. The maximum Gasteiger partial charge on any atom is 0.405 e. The van der Waals surface area contributed by atoms with Crippen LogP contribution in [0, 0.1) is 0 Å². The van der Waals surface area contributed by atoms with E-state index in [0.717, 1.165) is 0 Å². The number of hydrogen-bond donors (Lipinski definition) is 2. The first-order valence-corrected chi connectivity index (χ1v) is 7.08. The number of carbonyl (C=O) groups is 3. The molecule has 1 aromatic carbocycles. The van der Waals surface area contributed by atoms with E-state index in [1.165, 1.54) is 24.3 Å². The Morgan fingerprint density at radius 1 is 1.08 bits per heavy atom. The van der Waals surface area contributed by atoms with E-state index in [1.54, 1.807) is 5.32 Å². The van der Waals surface area contributed by atoms with Gasteiger partial charge in [-0.25, -0.2) is 0 Å². The second-order valence-corrected chi connectivity index (χ2v) is 5.00. The molecular weight excluding hydrogens is 353 g/mol. The number of alkyl halides is 3. The lowest BCUT2D eigenvalue weighted by Crippen LogP contribution is -2.36. The number of esters is 1. The molecule has 0 atom stereocenters. The molecule has 6 nitrogen and oxygen atoms in total. The third-order valence-corrected chi connectivity index (χ3v) is 2.82. The SMILES string of the molecule is O=C(COC(=O)CCNC(=O)c1ccc(Cl)cc1)NCC(F)(F)F. The number of halogens is 4. The smallest absolute Gasteiger partial charge is 0.405 e. The fourth-order valence-electron chi connectivity index (χ4n) is 1.45. The van der Waals surface area contributed by atoms with Crippen molar-refractivity contribution in [2.24, 2.45) is 0 Å². The van der Waals surface area contributed by atoms with Crippen molar-refractivity contribution >= 4 is 29.4 Å². The van der Waals surface area contributed by atoms with E-state index >= 15 is 0 Å². The minimum Gasteiger partial charge on any atom is -0.456 e. The Labute approximate surface area is 140 Å². The fourth-order valence-corrected chi connectivity index (χ4v) is 1.58. The van der Waals surface area contributed by atoms with Gasteiger partial charge in [0.2, 0.25) is 0 Å². The molecule has 0 saturated heterocycles. The first-order chi connectivity index (χ1) is 11.2. The van der Waals surface area contributed by atoms with Crippen molar-refractivity contribution in [3.63, 3.8) is 0 Å². The van der Waals surface area contributed by atoms with Crippen molar-refractivity contribution in [3.05, 3.63) is 34.9 Å². The quantitative estimate of drug-likeness (QED) is 0.719. The minimum absolute atomic E-state index is 0.0511. The molecule has 0 aliphatic carbocycles. The summed E-state index contributed by atoms with van der Waals surface area (Å²) in [6.45, 7) is -2.37. The van der Waals surface area contributed by atoms with Gasteiger partial charge in [0.25, 0.3) is 11.8 Å². The highest BCUT2D eigenvalue weighted by molar-refractivity contribution is 6.30. The fraction of sp³-hybridized carbons (Fsp3) is 0.357. The average molecular weight is 367 g/mol. The number of benzene rings is 1. The van der Waals surface area contributed by atoms with Crippen LogP contribution < -0.4 is 10.6 Å². The molecule has 0 saturated carbocycles. The molecule has 1 aromatic rings. The van der Waals surface area contributed by atoms with E-state index in [1.807, 2.05) is 0 Å². The average Bonchev–Trinajstić information content (AvgIpc) is 2.50. The minimum atomic E-state index is -4.54. The highest BCUT2D eigenvalue weighted by atomic mass is 35.5. The first kappa shape index (κ1) is 19.8. The van der Waals surface area contributed by atoms with E-state index in [0.29, 0.717) is 10.6 Å². The maximum absolute atomic E-state index is 11.8. The van der Waals surface area contributed by atoms with E-state index in [-0.39, 0.29) is 13.0 Å². The van der Waals surface area contributed by atoms with Crippen LogP contribution in [0.25, 0.3) is 0 Å². The predicted octanol–water partition coefficient (Wildman–Crippen LogP) is 1.68. The van der Waals surface area contributed by atoms with Crippen molar-refractivity contribution in [3.8, 4) is 0 Å². The molecular formula is C14H14ClF3N2O4. The molecule has 0 bridgehead atoms. The van der Waals surface area contributed by atoms with Gasteiger partial charge in [-0.3, -0.25) is 14.4 Å². The zero-order valence-corrected chi connectivity index (χ0v) is 13.0. The second kappa shape index (κ2) is 9.11. The van der Waals surface area contributed by atoms with Crippen LogP contribution in [0.15, 0.2) is 24.3 Å². The normalized spacial score (nSPS) is 10.8. The van der Waals surface area contributed by atoms with Crippen molar-refractivity contribution < 1.29 is 32.3 Å². The number of amides is 2. The molecule has 0 spiro atoms. The lowest BCUT2D eigenvalue weighted by atomic mass is 10.2. The van der Waals surface area contributed by atoms with Gasteiger partial charge in [-0.2, -0.15) is 13.2 Å². The molecule has 24 heavy (non-hydrogen) atoms. The van der Waals surface area contributed by atoms with E-state index < -0.39 is 37.1 Å². The largest absolute Gasteiger partial charge is 0.456 e. The van der Waals surface area contributed by atoms with Crippen LogP contribution in [-0.4, -0.2) is 43.7 Å². The van der Waals surface area contributed by atoms with Gasteiger partial charge in [0, 0.05) is 17.1 Å². The lowest BCUT2D eigenvalue weighted by Gasteiger charge is -2.09. The monoisotopic (exact) mass is 366 g/mol. The van der Waals surface area contributed by atoms with Gasteiger partial charge in [-0.05, 0) is 24.3 Å². The summed E-state index contributed by atoms with van der Waals surface area (Å²) in [4.78, 5) is 34.0. The van der Waals surface area contributed by atoms with Gasteiger partial charge < -0.3 is 15.4 Å². The van der Waals surface area contributed by atoms with Crippen LogP contribution in [-0.2, 0) is 14.3 Å². The summed E-state index contributed by atoms with van der Waals surface area (Å²) in [5.41, 5.74) is 0.347. The Balaban J connectivity index is 2.21. The van der Waals surface area contributed by atoms with Crippen LogP contribution >= 0.6 is 11.6 Å². The molecule has 10 heteroatoms. The van der Waals surface area contributed by atoms with E-state index in [4.69, 9.17) is 11.6 Å². The number of rotatable bonds is 7. The van der Waals surface area contributed by atoms with Crippen LogP contribution in [0.3, 0.4) is 0 Å². The maximum atomic E-state index is 11.8. The van der Waals surface area contributed by atoms with Gasteiger partial charge >= 0.3 is 12.1 Å². The molecule has 0 fully saturated rings. The van der Waals surface area contributed by atoms with Crippen molar-refractivity contribution in [2.45, 2.75) is 12.6 Å². The number of nitrogens with one attached hydrogen (secondary N) is 2. The third kappa shape index (κ3) is 8.37. The first-order valence-electron chi connectivity index (χ1n) is 6.70. The topological polar surface area (TPSA) is 84.5 Å². The number of hydrogen-bond acceptors (Lipinski definition) is 4. The van der Waals surface area contributed by atoms with Gasteiger partial charge in [0.05, 0.1) is 6.42 Å². The van der Waals surface area contributed by atoms with E-state index in [2.05, 4.69) is 10.1 Å². The van der Waals surface area contributed by atoms with Gasteiger partial charge in [-0.15, -0.1) is 0 Å². The zero-order chi connectivity index (χ0) is 18.2. The Hall–Kier alpha value is -2.29. The summed E-state index contributed by atoms with van der Waals surface area (Å²) in [6, 6.07) is 6.07. The van der Waals surface area contributed by atoms with Crippen molar-refractivity contribution in [1.82, 2.24) is 10.6 Å². The highest BCUT2D eigenvalue weighted by Crippen LogP contribution is 2.12. The summed E-state index contributed by atoms with van der Waals surface area (Å²) in [7, 11) is 0. The third-order valence-electron chi connectivity index (χ3n) is 2.57. The molecule has 2 amide bonds. The van der Waals surface area contributed by atoms with Crippen LogP contribution in [0.2, 0.25) is 5.02 Å². The number of ether oxygens (including phenoxy) is 1. The summed E-state index contributed by atoms with van der Waals surface area (Å²) >= 11 is 5.68. The molecule has 132 valence electrons.